The molecule has 2 aromatic heterocycles. The van der Waals surface area contributed by atoms with Gasteiger partial charge in [0.05, 0.1) is 5.39 Å². The number of pyridine rings is 2. The third kappa shape index (κ3) is 1.58. The summed E-state index contributed by atoms with van der Waals surface area (Å²) in [7, 11) is 0. The van der Waals surface area contributed by atoms with Gasteiger partial charge in [-0.05, 0) is 18.6 Å². The van der Waals surface area contributed by atoms with Gasteiger partial charge in [0.1, 0.15) is 11.4 Å². The van der Waals surface area contributed by atoms with Crippen LogP contribution in [0.1, 0.15) is 13.3 Å². The Hall–Kier alpha value is -1.84. The first-order valence-corrected chi connectivity index (χ1v) is 4.91. The Balaban J connectivity index is 2.83. The van der Waals surface area contributed by atoms with Crippen molar-refractivity contribution in [3.63, 3.8) is 0 Å². The zero-order chi connectivity index (χ0) is 10.8. The summed E-state index contributed by atoms with van der Waals surface area (Å²) in [5, 5.41) is 10.2. The third-order valence-electron chi connectivity index (χ3n) is 2.29. The summed E-state index contributed by atoms with van der Waals surface area (Å²) in [4.78, 5) is 15.7. The highest BCUT2D eigenvalue weighted by Gasteiger charge is 2.07. The highest BCUT2D eigenvalue weighted by atomic mass is 16.3. The molecule has 0 aliphatic carbocycles. The summed E-state index contributed by atoms with van der Waals surface area (Å²) in [6.45, 7) is 2.61. The molecule has 0 amide bonds. The topological polar surface area (TPSA) is 55.1 Å². The molecular weight excluding hydrogens is 192 g/mol. The average molecular weight is 204 g/mol. The SMILES string of the molecule is CCCn1c(=O)cc(O)c2cccnc21. The van der Waals surface area contributed by atoms with E-state index in [1.807, 2.05) is 6.92 Å². The van der Waals surface area contributed by atoms with Gasteiger partial charge in [-0.3, -0.25) is 9.36 Å². The second-order valence-electron chi connectivity index (χ2n) is 3.39. The summed E-state index contributed by atoms with van der Waals surface area (Å²) in [5.74, 6) is -0.00421. The molecule has 0 aliphatic rings. The van der Waals surface area contributed by atoms with E-state index in [4.69, 9.17) is 0 Å². The van der Waals surface area contributed by atoms with Crippen LogP contribution in [0, 0.1) is 0 Å². The van der Waals surface area contributed by atoms with Crippen LogP contribution in [-0.4, -0.2) is 14.7 Å². The minimum absolute atomic E-state index is 0.00421. The van der Waals surface area contributed by atoms with E-state index in [0.29, 0.717) is 17.6 Å². The predicted octanol–water partition coefficient (Wildman–Crippen LogP) is 1.51. The highest BCUT2D eigenvalue weighted by Crippen LogP contribution is 2.19. The first-order valence-electron chi connectivity index (χ1n) is 4.91. The molecule has 0 aromatic carbocycles. The van der Waals surface area contributed by atoms with Gasteiger partial charge in [-0.25, -0.2) is 4.98 Å². The number of rotatable bonds is 2. The minimum Gasteiger partial charge on any atom is -0.507 e. The van der Waals surface area contributed by atoms with Crippen LogP contribution < -0.4 is 5.56 Å². The van der Waals surface area contributed by atoms with E-state index in [1.165, 1.54) is 6.07 Å². The van der Waals surface area contributed by atoms with Crippen LogP contribution in [0.5, 0.6) is 5.75 Å². The van der Waals surface area contributed by atoms with Crippen LogP contribution in [0.4, 0.5) is 0 Å². The van der Waals surface area contributed by atoms with E-state index in [1.54, 1.807) is 22.9 Å². The van der Waals surface area contributed by atoms with Crippen molar-refractivity contribution >= 4 is 11.0 Å². The lowest BCUT2D eigenvalue weighted by molar-refractivity contribution is 0.478. The van der Waals surface area contributed by atoms with Gasteiger partial charge in [0.15, 0.2) is 0 Å². The molecule has 2 aromatic rings. The number of hydrogen-bond donors (Lipinski definition) is 1. The monoisotopic (exact) mass is 204 g/mol. The van der Waals surface area contributed by atoms with E-state index in [9.17, 15) is 9.90 Å². The zero-order valence-corrected chi connectivity index (χ0v) is 8.47. The number of fused-ring (bicyclic) bond motifs is 1. The molecular formula is C11H12N2O2. The maximum Gasteiger partial charge on any atom is 0.255 e. The molecule has 0 bridgehead atoms. The quantitative estimate of drug-likeness (QED) is 0.806. The van der Waals surface area contributed by atoms with Crippen LogP contribution in [-0.2, 0) is 6.54 Å². The molecule has 1 N–H and O–H groups in total. The van der Waals surface area contributed by atoms with Crippen molar-refractivity contribution in [2.75, 3.05) is 0 Å². The van der Waals surface area contributed by atoms with Gasteiger partial charge in [-0.1, -0.05) is 6.92 Å². The summed E-state index contributed by atoms with van der Waals surface area (Å²) in [5.41, 5.74) is 0.338. The maximum absolute atomic E-state index is 11.6. The first-order chi connectivity index (χ1) is 7.24. The number of aromatic hydroxyl groups is 1. The molecule has 78 valence electrons. The van der Waals surface area contributed by atoms with Crippen LogP contribution in [0.25, 0.3) is 11.0 Å². The van der Waals surface area contributed by atoms with Crippen molar-refractivity contribution in [3.8, 4) is 5.75 Å². The Kier molecular flexibility index (Phi) is 2.41. The van der Waals surface area contributed by atoms with E-state index < -0.39 is 0 Å². The molecule has 0 spiro atoms. The number of aryl methyl sites for hydroxylation is 1. The summed E-state index contributed by atoms with van der Waals surface area (Å²) >= 11 is 0. The molecule has 4 heteroatoms. The average Bonchev–Trinajstić information content (AvgIpc) is 2.24. The van der Waals surface area contributed by atoms with E-state index >= 15 is 0 Å². The fraction of sp³-hybridized carbons (Fsp3) is 0.273. The van der Waals surface area contributed by atoms with Crippen LogP contribution in [0.3, 0.4) is 0 Å². The lowest BCUT2D eigenvalue weighted by Gasteiger charge is -2.08. The molecule has 0 aliphatic heterocycles. The maximum atomic E-state index is 11.6. The second-order valence-corrected chi connectivity index (χ2v) is 3.39. The van der Waals surface area contributed by atoms with E-state index in [2.05, 4.69) is 4.98 Å². The van der Waals surface area contributed by atoms with Crippen LogP contribution in [0.15, 0.2) is 29.2 Å². The predicted molar refractivity (Wildman–Crippen MR) is 58.0 cm³/mol. The standard InChI is InChI=1S/C11H12N2O2/c1-2-6-13-10(15)7-9(14)8-4-3-5-12-11(8)13/h3-5,7,14H,2,6H2,1H3. The van der Waals surface area contributed by atoms with Crippen molar-refractivity contribution in [1.29, 1.82) is 0 Å². The molecule has 0 atom stereocenters. The minimum atomic E-state index is -0.208. The van der Waals surface area contributed by atoms with Crippen molar-refractivity contribution < 1.29 is 5.11 Å². The summed E-state index contributed by atoms with van der Waals surface area (Å²) < 4.78 is 1.58. The van der Waals surface area contributed by atoms with Crippen molar-refractivity contribution in [2.24, 2.45) is 0 Å². The first kappa shape index (κ1) is 9.71. The third-order valence-corrected chi connectivity index (χ3v) is 2.29. The Morgan fingerprint density at radius 2 is 2.33 bits per heavy atom. The van der Waals surface area contributed by atoms with Gasteiger partial charge in [0.2, 0.25) is 0 Å². The Morgan fingerprint density at radius 3 is 3.07 bits per heavy atom. The lowest BCUT2D eigenvalue weighted by atomic mass is 10.2. The van der Waals surface area contributed by atoms with E-state index in [-0.39, 0.29) is 11.3 Å². The van der Waals surface area contributed by atoms with Gasteiger partial charge in [-0.15, -0.1) is 0 Å². The Morgan fingerprint density at radius 1 is 1.53 bits per heavy atom. The van der Waals surface area contributed by atoms with Gasteiger partial charge < -0.3 is 5.11 Å². The molecule has 2 rings (SSSR count). The second kappa shape index (κ2) is 3.73. The number of aromatic nitrogens is 2. The molecule has 2 heterocycles. The van der Waals surface area contributed by atoms with E-state index in [0.717, 1.165) is 6.42 Å². The smallest absolute Gasteiger partial charge is 0.255 e. The zero-order valence-electron chi connectivity index (χ0n) is 8.47. The Bertz CT molecular complexity index is 546. The van der Waals surface area contributed by atoms with Crippen molar-refractivity contribution in [2.45, 2.75) is 19.9 Å². The number of hydrogen-bond acceptors (Lipinski definition) is 3. The largest absolute Gasteiger partial charge is 0.507 e. The molecule has 0 saturated carbocycles. The van der Waals surface area contributed by atoms with Gasteiger partial charge in [0, 0.05) is 18.8 Å². The fourth-order valence-corrected chi connectivity index (χ4v) is 1.63. The molecule has 4 nitrogen and oxygen atoms in total. The van der Waals surface area contributed by atoms with Crippen molar-refractivity contribution in [1.82, 2.24) is 9.55 Å². The number of nitrogens with zero attached hydrogens (tertiary/aromatic N) is 2. The highest BCUT2D eigenvalue weighted by molar-refractivity contribution is 5.81. The fourth-order valence-electron chi connectivity index (χ4n) is 1.63. The normalized spacial score (nSPS) is 10.7. The molecule has 15 heavy (non-hydrogen) atoms. The van der Waals surface area contributed by atoms with Gasteiger partial charge >= 0.3 is 0 Å². The van der Waals surface area contributed by atoms with Crippen LogP contribution in [0.2, 0.25) is 0 Å². The molecule has 0 radical (unpaired) electrons. The van der Waals surface area contributed by atoms with Gasteiger partial charge in [-0.2, -0.15) is 0 Å². The van der Waals surface area contributed by atoms with Crippen molar-refractivity contribution in [3.05, 3.63) is 34.7 Å². The summed E-state index contributed by atoms with van der Waals surface area (Å²) in [6, 6.07) is 4.73. The van der Waals surface area contributed by atoms with Crippen LogP contribution >= 0.6 is 0 Å². The summed E-state index contributed by atoms with van der Waals surface area (Å²) in [6.07, 6.45) is 2.48. The molecule has 0 fully saturated rings. The molecule has 0 saturated heterocycles. The van der Waals surface area contributed by atoms with Gasteiger partial charge in [0.25, 0.3) is 5.56 Å². The molecule has 0 unspecified atom stereocenters. The Labute approximate surface area is 86.8 Å². The lowest BCUT2D eigenvalue weighted by Crippen LogP contribution is -2.19.